The predicted molar refractivity (Wildman–Crippen MR) is 83.5 cm³/mol. The van der Waals surface area contributed by atoms with Gasteiger partial charge in [-0.2, -0.15) is 0 Å². The smallest absolute Gasteiger partial charge is 0.203 e. The molecule has 0 radical (unpaired) electrons. The number of methoxy groups -OCH3 is 3. The molecule has 120 valence electrons. The van der Waals surface area contributed by atoms with Crippen molar-refractivity contribution in [2.45, 2.75) is 26.3 Å². The van der Waals surface area contributed by atoms with Gasteiger partial charge in [0.05, 0.1) is 20.8 Å². The average Bonchev–Trinajstić information content (AvgIpc) is 2.51. The number of nitrogens with one attached hydrogen (secondary N) is 1. The highest BCUT2D eigenvalue weighted by Crippen LogP contribution is 2.38. The molecular weight excluding hydrogens is 270 g/mol. The summed E-state index contributed by atoms with van der Waals surface area (Å²) in [5.41, 5.74) is 1.11. The summed E-state index contributed by atoms with van der Waals surface area (Å²) in [6.45, 7) is 5.15. The number of hydrogen-bond donors (Lipinski definition) is 1. The molecule has 5 nitrogen and oxygen atoms in total. The zero-order valence-corrected chi connectivity index (χ0v) is 13.5. The lowest BCUT2D eigenvalue weighted by atomic mass is 10.1. The van der Waals surface area contributed by atoms with Crippen LogP contribution in [0.4, 0.5) is 0 Å². The molecule has 1 aromatic carbocycles. The summed E-state index contributed by atoms with van der Waals surface area (Å²) in [7, 11) is 4.96. The van der Waals surface area contributed by atoms with Gasteiger partial charge in [-0.15, -0.1) is 0 Å². The molecule has 1 aromatic rings. The van der Waals surface area contributed by atoms with Crippen molar-refractivity contribution >= 4 is 0 Å². The quantitative estimate of drug-likeness (QED) is 0.636. The Morgan fingerprint density at radius 2 is 1.67 bits per heavy atom. The van der Waals surface area contributed by atoms with E-state index in [0.29, 0.717) is 30.5 Å². The van der Waals surface area contributed by atoms with E-state index in [1.165, 1.54) is 0 Å². The normalized spacial score (nSPS) is 10.5. The fourth-order valence-electron chi connectivity index (χ4n) is 1.97. The van der Waals surface area contributed by atoms with Gasteiger partial charge in [0.25, 0.3) is 0 Å². The van der Waals surface area contributed by atoms with Gasteiger partial charge in [-0.25, -0.2) is 0 Å². The molecule has 0 saturated heterocycles. The zero-order chi connectivity index (χ0) is 15.5. The van der Waals surface area contributed by atoms with Crippen LogP contribution in [0, 0.1) is 0 Å². The molecule has 0 heterocycles. The molecule has 0 aromatic heterocycles. The Morgan fingerprint density at radius 1 is 1.00 bits per heavy atom. The predicted octanol–water partition coefficient (Wildman–Crippen LogP) is 2.62. The number of hydrogen-bond acceptors (Lipinski definition) is 5. The van der Waals surface area contributed by atoms with Gasteiger partial charge < -0.3 is 24.3 Å². The Balaban J connectivity index is 2.80. The van der Waals surface area contributed by atoms with Crippen LogP contribution in [0.3, 0.4) is 0 Å². The third-order valence-corrected chi connectivity index (χ3v) is 3.02. The lowest BCUT2D eigenvalue weighted by molar-refractivity contribution is 0.169. The summed E-state index contributed by atoms with van der Waals surface area (Å²) >= 11 is 0. The van der Waals surface area contributed by atoms with Crippen molar-refractivity contribution in [3.63, 3.8) is 0 Å². The Hall–Kier alpha value is -1.46. The maximum Gasteiger partial charge on any atom is 0.203 e. The molecule has 0 amide bonds. The van der Waals surface area contributed by atoms with Gasteiger partial charge in [0.2, 0.25) is 5.75 Å². The third kappa shape index (κ3) is 5.81. The molecule has 0 saturated carbocycles. The average molecular weight is 297 g/mol. The van der Waals surface area contributed by atoms with Gasteiger partial charge in [-0.3, -0.25) is 0 Å². The van der Waals surface area contributed by atoms with Crippen LogP contribution in [0.15, 0.2) is 12.1 Å². The molecule has 5 heteroatoms. The van der Waals surface area contributed by atoms with E-state index in [9.17, 15) is 0 Å². The summed E-state index contributed by atoms with van der Waals surface area (Å²) in [6, 6.07) is 3.97. The maximum absolute atomic E-state index is 5.78. The van der Waals surface area contributed by atoms with Crippen LogP contribution >= 0.6 is 0 Å². The first-order valence-electron chi connectivity index (χ1n) is 7.34. The second-order valence-corrected chi connectivity index (χ2v) is 4.70. The van der Waals surface area contributed by atoms with Crippen molar-refractivity contribution in [2.75, 3.05) is 41.1 Å². The third-order valence-electron chi connectivity index (χ3n) is 3.02. The Morgan fingerprint density at radius 3 is 2.19 bits per heavy atom. The molecule has 0 aliphatic rings. The second-order valence-electron chi connectivity index (χ2n) is 4.70. The molecule has 0 aliphatic heterocycles. The van der Waals surface area contributed by atoms with Crippen LogP contribution < -0.4 is 19.5 Å². The molecular formula is C16H27NO4. The first-order chi connectivity index (χ1) is 10.3. The van der Waals surface area contributed by atoms with Crippen LogP contribution in [0.25, 0.3) is 0 Å². The Kier molecular flexibility index (Phi) is 8.62. The molecule has 0 unspecified atom stereocenters. The summed E-state index contributed by atoms with van der Waals surface area (Å²) in [5.74, 6) is 2.04. The summed E-state index contributed by atoms with van der Waals surface area (Å²) in [6.07, 6.45) is 1.93. The molecule has 0 aliphatic carbocycles. The fourth-order valence-corrected chi connectivity index (χ4v) is 1.97. The number of ether oxygens (including phenoxy) is 4. The SMILES string of the molecule is CCCNCc1cc(OC)c(OCCCOC)c(OC)c1. The number of benzene rings is 1. The topological polar surface area (TPSA) is 49.0 Å². The van der Waals surface area contributed by atoms with E-state index in [2.05, 4.69) is 12.2 Å². The highest BCUT2D eigenvalue weighted by Gasteiger charge is 2.14. The number of rotatable bonds is 11. The van der Waals surface area contributed by atoms with Crippen molar-refractivity contribution < 1.29 is 18.9 Å². The van der Waals surface area contributed by atoms with E-state index in [1.807, 2.05) is 12.1 Å². The Bertz CT molecular complexity index is 384. The molecule has 0 fully saturated rings. The van der Waals surface area contributed by atoms with Crippen molar-refractivity contribution in [3.8, 4) is 17.2 Å². The van der Waals surface area contributed by atoms with Gasteiger partial charge in [-0.1, -0.05) is 6.92 Å². The van der Waals surface area contributed by atoms with E-state index < -0.39 is 0 Å². The van der Waals surface area contributed by atoms with Crippen molar-refractivity contribution in [3.05, 3.63) is 17.7 Å². The fraction of sp³-hybridized carbons (Fsp3) is 0.625. The molecule has 1 N–H and O–H groups in total. The van der Waals surface area contributed by atoms with E-state index in [0.717, 1.165) is 31.5 Å². The standard InChI is InChI=1S/C16H27NO4/c1-5-7-17-12-13-10-14(19-3)16(15(11-13)20-4)21-9-6-8-18-2/h10-11,17H,5-9,12H2,1-4H3. The van der Waals surface area contributed by atoms with Gasteiger partial charge in [0.1, 0.15) is 0 Å². The largest absolute Gasteiger partial charge is 0.493 e. The molecule has 21 heavy (non-hydrogen) atoms. The van der Waals surface area contributed by atoms with Crippen LogP contribution in [0.2, 0.25) is 0 Å². The summed E-state index contributed by atoms with van der Waals surface area (Å²) in [5, 5.41) is 3.36. The highest BCUT2D eigenvalue weighted by atomic mass is 16.5. The van der Waals surface area contributed by atoms with E-state index in [1.54, 1.807) is 21.3 Å². The van der Waals surface area contributed by atoms with Gasteiger partial charge in [0.15, 0.2) is 11.5 Å². The van der Waals surface area contributed by atoms with Gasteiger partial charge in [0, 0.05) is 26.7 Å². The first kappa shape index (κ1) is 17.6. The second kappa shape index (κ2) is 10.3. The van der Waals surface area contributed by atoms with Crippen LogP contribution in [-0.4, -0.2) is 41.1 Å². The van der Waals surface area contributed by atoms with Crippen molar-refractivity contribution in [1.29, 1.82) is 0 Å². The van der Waals surface area contributed by atoms with Crippen LogP contribution in [0.1, 0.15) is 25.3 Å². The van der Waals surface area contributed by atoms with Gasteiger partial charge in [-0.05, 0) is 30.7 Å². The van der Waals surface area contributed by atoms with Crippen molar-refractivity contribution in [1.82, 2.24) is 5.32 Å². The minimum atomic E-state index is 0.563. The lowest BCUT2D eigenvalue weighted by Gasteiger charge is -2.16. The van der Waals surface area contributed by atoms with Gasteiger partial charge >= 0.3 is 0 Å². The summed E-state index contributed by atoms with van der Waals surface area (Å²) < 4.78 is 21.7. The van der Waals surface area contributed by atoms with E-state index in [-0.39, 0.29) is 0 Å². The van der Waals surface area contributed by atoms with E-state index >= 15 is 0 Å². The molecule has 0 spiro atoms. The van der Waals surface area contributed by atoms with Crippen molar-refractivity contribution in [2.24, 2.45) is 0 Å². The Labute approximate surface area is 127 Å². The van der Waals surface area contributed by atoms with Crippen LogP contribution in [-0.2, 0) is 11.3 Å². The van der Waals surface area contributed by atoms with Crippen LogP contribution in [0.5, 0.6) is 17.2 Å². The summed E-state index contributed by atoms with van der Waals surface area (Å²) in [4.78, 5) is 0. The van der Waals surface area contributed by atoms with E-state index in [4.69, 9.17) is 18.9 Å². The molecule has 0 atom stereocenters. The first-order valence-corrected chi connectivity index (χ1v) is 7.34. The minimum Gasteiger partial charge on any atom is -0.493 e. The minimum absolute atomic E-state index is 0.563. The lowest BCUT2D eigenvalue weighted by Crippen LogP contribution is -2.14. The zero-order valence-electron chi connectivity index (χ0n) is 13.5. The molecule has 0 bridgehead atoms. The maximum atomic E-state index is 5.78. The monoisotopic (exact) mass is 297 g/mol. The highest BCUT2D eigenvalue weighted by molar-refractivity contribution is 5.53. The molecule has 1 rings (SSSR count).